The molecule has 2 atom stereocenters. The van der Waals surface area contributed by atoms with Gasteiger partial charge in [-0.1, -0.05) is 0 Å². The molecule has 2 heterocycles. The van der Waals surface area contributed by atoms with E-state index in [0.717, 1.165) is 26.2 Å². The summed E-state index contributed by atoms with van der Waals surface area (Å²) >= 11 is 0. The fraction of sp³-hybridized carbons (Fsp3) is 0.917. The zero-order valence-corrected chi connectivity index (χ0v) is 10.5. The van der Waals surface area contributed by atoms with E-state index in [4.69, 9.17) is 4.74 Å². The average Bonchev–Trinajstić information content (AvgIpc) is 2.73. The molecular formula is C12H22N2O2. The smallest absolute Gasteiger partial charge is 0.409 e. The second-order valence-electron chi connectivity index (χ2n) is 5.17. The molecule has 1 amide bonds. The Bertz CT molecular complexity index is 254. The third-order valence-electron chi connectivity index (χ3n) is 3.77. The molecule has 4 nitrogen and oxygen atoms in total. The van der Waals surface area contributed by atoms with Crippen LogP contribution in [0.5, 0.6) is 0 Å². The largest absolute Gasteiger partial charge is 0.450 e. The topological polar surface area (TPSA) is 32.8 Å². The van der Waals surface area contributed by atoms with Crippen molar-refractivity contribution < 1.29 is 9.53 Å². The number of hydrogen-bond donors (Lipinski definition) is 0. The molecule has 2 fully saturated rings. The summed E-state index contributed by atoms with van der Waals surface area (Å²) in [5.41, 5.74) is 0. The number of carbonyl (C=O) groups is 1. The summed E-state index contributed by atoms with van der Waals surface area (Å²) in [4.78, 5) is 16.0. The molecule has 16 heavy (non-hydrogen) atoms. The van der Waals surface area contributed by atoms with Crippen LogP contribution in [-0.4, -0.2) is 54.7 Å². The Labute approximate surface area is 97.5 Å². The minimum absolute atomic E-state index is 0.131. The van der Waals surface area contributed by atoms with E-state index in [-0.39, 0.29) is 6.09 Å². The Hall–Kier alpha value is -0.770. The van der Waals surface area contributed by atoms with Crippen molar-refractivity contribution in [3.05, 3.63) is 0 Å². The molecular weight excluding hydrogens is 204 g/mol. The molecule has 0 aliphatic carbocycles. The van der Waals surface area contributed by atoms with Crippen molar-refractivity contribution in [1.82, 2.24) is 9.80 Å². The minimum Gasteiger partial charge on any atom is -0.450 e. The van der Waals surface area contributed by atoms with E-state index in [2.05, 4.69) is 18.7 Å². The number of fused-ring (bicyclic) bond motifs is 1. The highest BCUT2D eigenvalue weighted by molar-refractivity contribution is 5.68. The monoisotopic (exact) mass is 226 g/mol. The average molecular weight is 226 g/mol. The third kappa shape index (κ3) is 2.17. The van der Waals surface area contributed by atoms with Crippen molar-refractivity contribution in [2.45, 2.75) is 26.8 Å². The number of amides is 1. The van der Waals surface area contributed by atoms with Crippen molar-refractivity contribution in [3.63, 3.8) is 0 Å². The molecule has 2 saturated heterocycles. The van der Waals surface area contributed by atoms with Crippen LogP contribution < -0.4 is 0 Å². The van der Waals surface area contributed by atoms with Crippen LogP contribution in [-0.2, 0) is 4.74 Å². The maximum absolute atomic E-state index is 11.6. The number of likely N-dealkylation sites (tertiary alicyclic amines) is 2. The van der Waals surface area contributed by atoms with Crippen molar-refractivity contribution in [3.8, 4) is 0 Å². The van der Waals surface area contributed by atoms with E-state index in [1.165, 1.54) is 0 Å². The Morgan fingerprint density at radius 1 is 1.25 bits per heavy atom. The van der Waals surface area contributed by atoms with Gasteiger partial charge in [-0.15, -0.1) is 0 Å². The Morgan fingerprint density at radius 3 is 2.25 bits per heavy atom. The Balaban J connectivity index is 1.86. The summed E-state index contributed by atoms with van der Waals surface area (Å²) in [6.07, 6.45) is -0.131. The molecule has 0 radical (unpaired) electrons. The first kappa shape index (κ1) is 11.7. The van der Waals surface area contributed by atoms with Crippen LogP contribution in [0, 0.1) is 11.8 Å². The molecule has 0 bridgehead atoms. The van der Waals surface area contributed by atoms with Crippen LogP contribution >= 0.6 is 0 Å². The zero-order valence-electron chi connectivity index (χ0n) is 10.5. The highest BCUT2D eigenvalue weighted by Gasteiger charge is 2.42. The third-order valence-corrected chi connectivity index (χ3v) is 3.77. The van der Waals surface area contributed by atoms with Crippen molar-refractivity contribution in [1.29, 1.82) is 0 Å². The van der Waals surface area contributed by atoms with E-state index in [1.54, 1.807) is 0 Å². The number of hydrogen-bond acceptors (Lipinski definition) is 3. The highest BCUT2D eigenvalue weighted by atomic mass is 16.6. The number of carbonyl (C=O) groups excluding carboxylic acids is 1. The number of nitrogens with zero attached hydrogens (tertiary/aromatic N) is 2. The van der Waals surface area contributed by atoms with Gasteiger partial charge in [0.1, 0.15) is 0 Å². The van der Waals surface area contributed by atoms with Gasteiger partial charge >= 0.3 is 6.09 Å². The van der Waals surface area contributed by atoms with Gasteiger partial charge in [-0.3, -0.25) is 0 Å². The van der Waals surface area contributed by atoms with Gasteiger partial charge in [0, 0.05) is 32.2 Å². The van der Waals surface area contributed by atoms with Crippen LogP contribution in [0.3, 0.4) is 0 Å². The molecule has 0 aromatic heterocycles. The van der Waals surface area contributed by atoms with Crippen LogP contribution in [0.4, 0.5) is 4.79 Å². The zero-order chi connectivity index (χ0) is 11.7. The van der Waals surface area contributed by atoms with Gasteiger partial charge in [-0.2, -0.15) is 0 Å². The molecule has 92 valence electrons. The molecule has 2 unspecified atom stereocenters. The van der Waals surface area contributed by atoms with E-state index >= 15 is 0 Å². The van der Waals surface area contributed by atoms with Crippen LogP contribution in [0.25, 0.3) is 0 Å². The Kier molecular flexibility index (Phi) is 3.38. The molecule has 2 aliphatic heterocycles. The second-order valence-corrected chi connectivity index (χ2v) is 5.17. The first-order chi connectivity index (χ1) is 7.61. The molecule has 0 aromatic carbocycles. The summed E-state index contributed by atoms with van der Waals surface area (Å²) in [5, 5.41) is 0. The maximum atomic E-state index is 11.6. The van der Waals surface area contributed by atoms with Gasteiger partial charge in [0.2, 0.25) is 0 Å². The number of ether oxygens (including phenoxy) is 1. The molecule has 0 N–H and O–H groups in total. The van der Waals surface area contributed by atoms with Gasteiger partial charge in [0.25, 0.3) is 0 Å². The van der Waals surface area contributed by atoms with E-state index in [1.807, 2.05) is 11.8 Å². The van der Waals surface area contributed by atoms with Crippen molar-refractivity contribution >= 4 is 6.09 Å². The lowest BCUT2D eigenvalue weighted by Crippen LogP contribution is -2.35. The van der Waals surface area contributed by atoms with Gasteiger partial charge in [-0.05, 0) is 32.6 Å². The molecule has 0 aromatic rings. The lowest BCUT2D eigenvalue weighted by molar-refractivity contribution is 0.110. The highest BCUT2D eigenvalue weighted by Crippen LogP contribution is 2.32. The van der Waals surface area contributed by atoms with Crippen molar-refractivity contribution in [2.24, 2.45) is 11.8 Å². The Morgan fingerprint density at radius 2 is 1.81 bits per heavy atom. The predicted octanol–water partition coefficient (Wildman–Crippen LogP) is 1.41. The standard InChI is InChI=1S/C12H22N2O2/c1-4-16-12(15)14-7-10-5-13(9(2)3)6-11(10)8-14/h9-11H,4-8H2,1-3H3. The van der Waals surface area contributed by atoms with E-state index < -0.39 is 0 Å². The summed E-state index contributed by atoms with van der Waals surface area (Å²) in [5.74, 6) is 1.32. The molecule has 0 spiro atoms. The fourth-order valence-electron chi connectivity index (χ4n) is 2.81. The molecule has 2 aliphatic rings. The first-order valence-corrected chi connectivity index (χ1v) is 6.27. The molecule has 4 heteroatoms. The van der Waals surface area contributed by atoms with Gasteiger partial charge in [0.15, 0.2) is 0 Å². The minimum atomic E-state index is -0.131. The van der Waals surface area contributed by atoms with Crippen molar-refractivity contribution in [2.75, 3.05) is 32.8 Å². The summed E-state index contributed by atoms with van der Waals surface area (Å²) in [7, 11) is 0. The van der Waals surface area contributed by atoms with Crippen LogP contribution in [0.2, 0.25) is 0 Å². The predicted molar refractivity (Wildman–Crippen MR) is 62.3 cm³/mol. The van der Waals surface area contributed by atoms with Gasteiger partial charge < -0.3 is 14.5 Å². The lowest BCUT2D eigenvalue weighted by Gasteiger charge is -2.23. The second kappa shape index (κ2) is 4.62. The number of rotatable bonds is 2. The molecule has 2 rings (SSSR count). The summed E-state index contributed by atoms with van der Waals surface area (Å²) < 4.78 is 5.04. The van der Waals surface area contributed by atoms with E-state index in [0.29, 0.717) is 24.5 Å². The van der Waals surface area contributed by atoms with Crippen LogP contribution in [0.1, 0.15) is 20.8 Å². The fourth-order valence-corrected chi connectivity index (χ4v) is 2.81. The SMILES string of the molecule is CCOC(=O)N1CC2CN(C(C)C)CC2C1. The van der Waals surface area contributed by atoms with Crippen LogP contribution in [0.15, 0.2) is 0 Å². The van der Waals surface area contributed by atoms with Gasteiger partial charge in [-0.25, -0.2) is 4.79 Å². The first-order valence-electron chi connectivity index (χ1n) is 6.27. The summed E-state index contributed by atoms with van der Waals surface area (Å²) in [6, 6.07) is 0.627. The quantitative estimate of drug-likeness (QED) is 0.714. The molecule has 0 saturated carbocycles. The normalized spacial score (nSPS) is 29.9. The maximum Gasteiger partial charge on any atom is 0.409 e. The van der Waals surface area contributed by atoms with Gasteiger partial charge in [0.05, 0.1) is 6.61 Å². The van der Waals surface area contributed by atoms with E-state index in [9.17, 15) is 4.79 Å². The lowest BCUT2D eigenvalue weighted by atomic mass is 10.0. The summed E-state index contributed by atoms with van der Waals surface area (Å²) in [6.45, 7) is 10.8.